The first-order valence-corrected chi connectivity index (χ1v) is 10.8. The molecular weight excluding hydrogens is 393 g/mol. The molecule has 8 heteroatoms. The Labute approximate surface area is 168 Å². The number of sulfonamides is 1. The number of nitrogens with one attached hydrogen (secondary N) is 1. The highest BCUT2D eigenvalue weighted by molar-refractivity contribution is 7.89. The standard InChI is InChI=1S/C21H20FN3O3S/c22-17-5-7-19(8-6-17)29(27,28)25-11-9-15(10-12-25)21(26)24-18-13-16-3-1-2-4-20(16)23-14-18/h1-8,13-15H,9-12H2,(H,24,26). The van der Waals surface area contributed by atoms with Crippen molar-refractivity contribution in [2.24, 2.45) is 5.92 Å². The molecular formula is C21H20FN3O3S. The van der Waals surface area contributed by atoms with E-state index in [9.17, 15) is 17.6 Å². The van der Waals surface area contributed by atoms with E-state index < -0.39 is 15.8 Å². The van der Waals surface area contributed by atoms with Crippen LogP contribution in [0.25, 0.3) is 10.9 Å². The van der Waals surface area contributed by atoms with E-state index in [4.69, 9.17) is 0 Å². The maximum absolute atomic E-state index is 13.1. The van der Waals surface area contributed by atoms with Crippen LogP contribution in [0.5, 0.6) is 0 Å². The van der Waals surface area contributed by atoms with Crippen molar-refractivity contribution in [2.45, 2.75) is 17.7 Å². The van der Waals surface area contributed by atoms with Crippen LogP contribution in [0.1, 0.15) is 12.8 Å². The van der Waals surface area contributed by atoms with Crippen LogP contribution in [0.2, 0.25) is 0 Å². The molecule has 0 aliphatic carbocycles. The van der Waals surface area contributed by atoms with Gasteiger partial charge < -0.3 is 5.32 Å². The number of halogens is 1. The molecule has 29 heavy (non-hydrogen) atoms. The largest absolute Gasteiger partial charge is 0.324 e. The average molecular weight is 413 g/mol. The molecule has 1 saturated heterocycles. The van der Waals surface area contributed by atoms with Gasteiger partial charge in [-0.05, 0) is 49.2 Å². The fourth-order valence-corrected chi connectivity index (χ4v) is 4.97. The Bertz CT molecular complexity index is 1140. The molecule has 1 aliphatic heterocycles. The van der Waals surface area contributed by atoms with Crippen molar-refractivity contribution in [3.63, 3.8) is 0 Å². The molecule has 0 spiro atoms. The Kier molecular flexibility index (Phi) is 5.29. The summed E-state index contributed by atoms with van der Waals surface area (Å²) in [7, 11) is -3.69. The zero-order valence-electron chi connectivity index (χ0n) is 15.6. The van der Waals surface area contributed by atoms with Gasteiger partial charge in [0.25, 0.3) is 0 Å². The molecule has 0 unspecified atom stereocenters. The summed E-state index contributed by atoms with van der Waals surface area (Å²) in [5.74, 6) is -0.899. The summed E-state index contributed by atoms with van der Waals surface area (Å²) in [5.41, 5.74) is 1.47. The predicted molar refractivity (Wildman–Crippen MR) is 108 cm³/mol. The minimum Gasteiger partial charge on any atom is -0.324 e. The van der Waals surface area contributed by atoms with Crippen molar-refractivity contribution in [1.82, 2.24) is 9.29 Å². The highest BCUT2D eigenvalue weighted by Gasteiger charge is 2.32. The SMILES string of the molecule is O=C(Nc1cnc2ccccc2c1)C1CCN(S(=O)(=O)c2ccc(F)cc2)CC1. The molecule has 1 fully saturated rings. The van der Waals surface area contributed by atoms with E-state index in [0.717, 1.165) is 23.0 Å². The summed E-state index contributed by atoms with van der Waals surface area (Å²) in [5, 5.41) is 3.82. The van der Waals surface area contributed by atoms with E-state index >= 15 is 0 Å². The first-order chi connectivity index (χ1) is 13.9. The van der Waals surface area contributed by atoms with Crippen LogP contribution in [0, 0.1) is 11.7 Å². The third kappa shape index (κ3) is 4.13. The Hall–Kier alpha value is -2.84. The minimum atomic E-state index is -3.69. The molecule has 2 heterocycles. The zero-order valence-corrected chi connectivity index (χ0v) is 16.4. The summed E-state index contributed by atoms with van der Waals surface area (Å²) in [6, 6.07) is 14.3. The average Bonchev–Trinajstić information content (AvgIpc) is 2.74. The minimum absolute atomic E-state index is 0.0593. The highest BCUT2D eigenvalue weighted by atomic mass is 32.2. The molecule has 1 N–H and O–H groups in total. The molecule has 4 rings (SSSR count). The van der Waals surface area contributed by atoms with Crippen LogP contribution in [-0.2, 0) is 14.8 Å². The number of hydrogen-bond acceptors (Lipinski definition) is 4. The third-order valence-corrected chi connectivity index (χ3v) is 7.05. The number of fused-ring (bicyclic) bond motifs is 1. The second-order valence-electron chi connectivity index (χ2n) is 7.04. The smallest absolute Gasteiger partial charge is 0.243 e. The van der Waals surface area contributed by atoms with Crippen molar-refractivity contribution in [3.8, 4) is 0 Å². The molecule has 0 saturated carbocycles. The van der Waals surface area contributed by atoms with Gasteiger partial charge in [-0.2, -0.15) is 4.31 Å². The Balaban J connectivity index is 1.39. The third-order valence-electron chi connectivity index (χ3n) is 5.13. The lowest BCUT2D eigenvalue weighted by Crippen LogP contribution is -2.41. The number of benzene rings is 2. The van der Waals surface area contributed by atoms with Crippen LogP contribution in [0.3, 0.4) is 0 Å². The van der Waals surface area contributed by atoms with Gasteiger partial charge in [0.2, 0.25) is 15.9 Å². The van der Waals surface area contributed by atoms with Gasteiger partial charge >= 0.3 is 0 Å². The molecule has 3 aromatic rings. The highest BCUT2D eigenvalue weighted by Crippen LogP contribution is 2.25. The lowest BCUT2D eigenvalue weighted by molar-refractivity contribution is -0.120. The number of piperidine rings is 1. The van der Waals surface area contributed by atoms with Crippen LogP contribution in [0.4, 0.5) is 10.1 Å². The van der Waals surface area contributed by atoms with Gasteiger partial charge in [-0.25, -0.2) is 12.8 Å². The number of carbonyl (C=O) groups is 1. The van der Waals surface area contributed by atoms with Crippen molar-refractivity contribution in [3.05, 3.63) is 66.6 Å². The number of hydrogen-bond donors (Lipinski definition) is 1. The number of anilines is 1. The van der Waals surface area contributed by atoms with Gasteiger partial charge in [-0.1, -0.05) is 18.2 Å². The van der Waals surface area contributed by atoms with Crippen molar-refractivity contribution in [1.29, 1.82) is 0 Å². The van der Waals surface area contributed by atoms with Crippen LogP contribution >= 0.6 is 0 Å². The molecule has 1 aromatic heterocycles. The lowest BCUT2D eigenvalue weighted by Gasteiger charge is -2.30. The number of aromatic nitrogens is 1. The first kappa shape index (κ1) is 19.5. The molecule has 0 atom stereocenters. The second kappa shape index (κ2) is 7.88. The van der Waals surface area contributed by atoms with E-state index in [1.807, 2.05) is 30.3 Å². The summed E-state index contributed by atoms with van der Waals surface area (Å²) in [4.78, 5) is 17.0. The van der Waals surface area contributed by atoms with E-state index in [-0.39, 0.29) is 29.8 Å². The maximum atomic E-state index is 13.1. The summed E-state index contributed by atoms with van der Waals surface area (Å²) < 4.78 is 39.8. The molecule has 0 radical (unpaired) electrons. The van der Waals surface area contributed by atoms with Gasteiger partial charge in [0.05, 0.1) is 22.3 Å². The van der Waals surface area contributed by atoms with Crippen molar-refractivity contribution >= 4 is 32.5 Å². The van der Waals surface area contributed by atoms with E-state index in [0.29, 0.717) is 18.5 Å². The van der Waals surface area contributed by atoms with Crippen molar-refractivity contribution in [2.75, 3.05) is 18.4 Å². The second-order valence-corrected chi connectivity index (χ2v) is 8.98. The zero-order chi connectivity index (χ0) is 20.4. The Morgan fingerprint density at radius 1 is 1.07 bits per heavy atom. The quantitative estimate of drug-likeness (QED) is 0.711. The number of carbonyl (C=O) groups excluding carboxylic acids is 1. The Morgan fingerprint density at radius 3 is 2.48 bits per heavy atom. The van der Waals surface area contributed by atoms with E-state index in [1.54, 1.807) is 6.20 Å². The number of amides is 1. The van der Waals surface area contributed by atoms with Crippen LogP contribution in [-0.4, -0.2) is 36.7 Å². The number of pyridine rings is 1. The van der Waals surface area contributed by atoms with E-state index in [1.165, 1.54) is 16.4 Å². The van der Waals surface area contributed by atoms with Gasteiger partial charge in [0.1, 0.15) is 5.82 Å². The molecule has 6 nitrogen and oxygen atoms in total. The summed E-state index contributed by atoms with van der Waals surface area (Å²) >= 11 is 0. The number of nitrogens with zero attached hydrogens (tertiary/aromatic N) is 2. The number of rotatable bonds is 4. The molecule has 150 valence electrons. The van der Waals surface area contributed by atoms with Gasteiger partial charge in [0, 0.05) is 24.4 Å². The maximum Gasteiger partial charge on any atom is 0.243 e. The molecule has 2 aromatic carbocycles. The molecule has 0 bridgehead atoms. The summed E-state index contributed by atoms with van der Waals surface area (Å²) in [6.07, 6.45) is 2.47. The lowest BCUT2D eigenvalue weighted by atomic mass is 9.97. The van der Waals surface area contributed by atoms with Crippen LogP contribution in [0.15, 0.2) is 65.7 Å². The fraction of sp³-hybridized carbons (Fsp3) is 0.238. The number of para-hydroxylation sites is 1. The fourth-order valence-electron chi connectivity index (χ4n) is 3.50. The Morgan fingerprint density at radius 2 is 1.76 bits per heavy atom. The molecule has 1 amide bonds. The van der Waals surface area contributed by atoms with Crippen LogP contribution < -0.4 is 5.32 Å². The normalized spacial score (nSPS) is 16.0. The van der Waals surface area contributed by atoms with E-state index in [2.05, 4.69) is 10.3 Å². The van der Waals surface area contributed by atoms with Gasteiger partial charge in [-0.15, -0.1) is 0 Å². The predicted octanol–water partition coefficient (Wildman–Crippen LogP) is 3.41. The van der Waals surface area contributed by atoms with Crippen molar-refractivity contribution < 1.29 is 17.6 Å². The van der Waals surface area contributed by atoms with Gasteiger partial charge in [0.15, 0.2) is 0 Å². The monoisotopic (exact) mass is 413 g/mol. The topological polar surface area (TPSA) is 79.4 Å². The van der Waals surface area contributed by atoms with Gasteiger partial charge in [-0.3, -0.25) is 9.78 Å². The first-order valence-electron chi connectivity index (χ1n) is 9.35. The summed E-state index contributed by atoms with van der Waals surface area (Å²) in [6.45, 7) is 0.488. The molecule has 1 aliphatic rings.